The van der Waals surface area contributed by atoms with Crippen molar-refractivity contribution in [3.05, 3.63) is 34.9 Å². The Kier molecular flexibility index (Phi) is 6.92. The Balaban J connectivity index is 1.25. The highest BCUT2D eigenvalue weighted by molar-refractivity contribution is 5.37. The standard InChI is InChI=1S/C33H49N/c1-5-17-33(6-2)19-16-28-26(21-33)10-13-30-29(28)15-18-32(4)27(12-14-31(30)32)11-9-25-8-7-24(22-34)20-23(25)3/h7-8,20,26-31H,5-6,9-19,21H2,1-4H3/t26?,27?,28?,29?,30?,31?,32?,33-/m0/s1. The first kappa shape index (κ1) is 24.4. The first-order chi connectivity index (χ1) is 16.4. The highest BCUT2D eigenvalue weighted by atomic mass is 14.6. The van der Waals surface area contributed by atoms with Gasteiger partial charge in [0.1, 0.15) is 0 Å². The summed E-state index contributed by atoms with van der Waals surface area (Å²) in [4.78, 5) is 0. The van der Waals surface area contributed by atoms with Gasteiger partial charge in [-0.15, -0.1) is 0 Å². The average molecular weight is 460 g/mol. The second-order valence-electron chi connectivity index (χ2n) is 13.4. The van der Waals surface area contributed by atoms with Crippen LogP contribution in [0.5, 0.6) is 0 Å². The summed E-state index contributed by atoms with van der Waals surface area (Å²) in [5, 5.41) is 9.20. The smallest absolute Gasteiger partial charge is 0.0991 e. The molecule has 1 aromatic carbocycles. The van der Waals surface area contributed by atoms with Crippen molar-refractivity contribution >= 4 is 0 Å². The quantitative estimate of drug-likeness (QED) is 0.416. The van der Waals surface area contributed by atoms with Gasteiger partial charge in [0.05, 0.1) is 11.6 Å². The van der Waals surface area contributed by atoms with E-state index in [9.17, 15) is 5.26 Å². The van der Waals surface area contributed by atoms with E-state index in [1.807, 2.05) is 6.07 Å². The molecule has 0 amide bonds. The van der Waals surface area contributed by atoms with E-state index in [0.29, 0.717) is 10.8 Å². The zero-order valence-electron chi connectivity index (χ0n) is 22.5. The van der Waals surface area contributed by atoms with Gasteiger partial charge in [-0.3, -0.25) is 0 Å². The largest absolute Gasteiger partial charge is 0.192 e. The minimum atomic E-state index is 0.582. The van der Waals surface area contributed by atoms with Gasteiger partial charge in [-0.25, -0.2) is 0 Å². The number of hydrogen-bond acceptors (Lipinski definition) is 1. The molecule has 0 bridgehead atoms. The second-order valence-corrected chi connectivity index (χ2v) is 13.4. The number of fused-ring (bicyclic) bond motifs is 5. The van der Waals surface area contributed by atoms with E-state index in [1.54, 1.807) is 25.7 Å². The lowest BCUT2D eigenvalue weighted by atomic mass is 9.47. The van der Waals surface area contributed by atoms with Crippen LogP contribution >= 0.6 is 0 Å². The highest BCUT2D eigenvalue weighted by Crippen LogP contribution is 2.66. The third-order valence-corrected chi connectivity index (χ3v) is 12.2. The number of benzene rings is 1. The molecule has 4 saturated carbocycles. The SMILES string of the molecule is CCC[C@@]1(CC)CCC2C(CCC3C2CCC2(C)C(CCc4ccc(C#N)cc4C)CCC32)C1. The summed E-state index contributed by atoms with van der Waals surface area (Å²) >= 11 is 0. The van der Waals surface area contributed by atoms with Crippen molar-refractivity contribution in [3.8, 4) is 6.07 Å². The molecule has 5 rings (SSSR count). The van der Waals surface area contributed by atoms with Crippen LogP contribution in [-0.2, 0) is 6.42 Å². The lowest BCUT2D eigenvalue weighted by molar-refractivity contribution is -0.0823. The van der Waals surface area contributed by atoms with Gasteiger partial charge < -0.3 is 0 Å². The van der Waals surface area contributed by atoms with Crippen LogP contribution in [-0.4, -0.2) is 0 Å². The summed E-state index contributed by atoms with van der Waals surface area (Å²) in [7, 11) is 0. The fourth-order valence-electron chi connectivity index (χ4n) is 10.3. The summed E-state index contributed by atoms with van der Waals surface area (Å²) in [6, 6.07) is 8.61. The van der Waals surface area contributed by atoms with Crippen molar-refractivity contribution in [2.24, 2.45) is 46.3 Å². The Hall–Kier alpha value is -1.29. The van der Waals surface area contributed by atoms with Crippen LogP contribution in [0.3, 0.4) is 0 Å². The minimum Gasteiger partial charge on any atom is -0.192 e. The van der Waals surface area contributed by atoms with E-state index in [1.165, 1.54) is 75.3 Å². The third-order valence-electron chi connectivity index (χ3n) is 12.2. The van der Waals surface area contributed by atoms with Gasteiger partial charge in [-0.1, -0.05) is 39.7 Å². The van der Waals surface area contributed by atoms with Crippen molar-refractivity contribution in [2.45, 2.75) is 118 Å². The van der Waals surface area contributed by atoms with Crippen molar-refractivity contribution < 1.29 is 0 Å². The van der Waals surface area contributed by atoms with Crippen molar-refractivity contribution in [1.29, 1.82) is 5.26 Å². The van der Waals surface area contributed by atoms with Crippen molar-refractivity contribution in [1.82, 2.24) is 0 Å². The fraction of sp³-hybridized carbons (Fsp3) is 0.788. The molecule has 0 heterocycles. The van der Waals surface area contributed by atoms with E-state index in [2.05, 4.69) is 45.9 Å². The Morgan fingerprint density at radius 3 is 2.53 bits per heavy atom. The number of nitriles is 1. The second kappa shape index (κ2) is 9.64. The van der Waals surface area contributed by atoms with Gasteiger partial charge in [-0.05, 0) is 154 Å². The molecule has 0 N–H and O–H groups in total. The molecule has 0 saturated heterocycles. The molecule has 4 aliphatic rings. The molecular weight excluding hydrogens is 410 g/mol. The zero-order chi connectivity index (χ0) is 23.9. The van der Waals surface area contributed by atoms with Gasteiger partial charge >= 0.3 is 0 Å². The number of aryl methyl sites for hydroxylation is 2. The molecule has 0 aromatic heterocycles. The molecule has 1 heteroatoms. The summed E-state index contributed by atoms with van der Waals surface area (Å²) in [5.74, 6) is 6.07. The molecule has 1 nitrogen and oxygen atoms in total. The minimum absolute atomic E-state index is 0.582. The van der Waals surface area contributed by atoms with Crippen LogP contribution < -0.4 is 0 Å². The van der Waals surface area contributed by atoms with E-state index < -0.39 is 0 Å². The molecule has 0 aliphatic heterocycles. The van der Waals surface area contributed by atoms with Gasteiger partial charge in [0.15, 0.2) is 0 Å². The predicted octanol–water partition coefficient (Wildman–Crippen LogP) is 9.26. The lowest BCUT2D eigenvalue weighted by Gasteiger charge is -2.58. The van der Waals surface area contributed by atoms with E-state index in [4.69, 9.17) is 0 Å². The van der Waals surface area contributed by atoms with Crippen LogP contribution in [0, 0.1) is 64.6 Å². The third kappa shape index (κ3) is 4.16. The summed E-state index contributed by atoms with van der Waals surface area (Å²) in [5.41, 5.74) is 4.85. The molecule has 0 radical (unpaired) electrons. The van der Waals surface area contributed by atoms with Crippen LogP contribution in [0.1, 0.15) is 121 Å². The van der Waals surface area contributed by atoms with Gasteiger partial charge in [0.2, 0.25) is 0 Å². The molecule has 7 unspecified atom stereocenters. The summed E-state index contributed by atoms with van der Waals surface area (Å²) in [6.45, 7) is 9.78. The molecule has 186 valence electrons. The fourth-order valence-corrected chi connectivity index (χ4v) is 10.3. The first-order valence-electron chi connectivity index (χ1n) is 14.9. The normalized spacial score (nSPS) is 41.3. The zero-order valence-corrected chi connectivity index (χ0v) is 22.5. The number of rotatable bonds is 6. The maximum Gasteiger partial charge on any atom is 0.0991 e. The molecule has 34 heavy (non-hydrogen) atoms. The summed E-state index contributed by atoms with van der Waals surface area (Å²) < 4.78 is 0. The average Bonchev–Trinajstić information content (AvgIpc) is 3.19. The molecule has 8 atom stereocenters. The number of hydrogen-bond donors (Lipinski definition) is 0. The summed E-state index contributed by atoms with van der Waals surface area (Å²) in [6.07, 6.45) is 20.5. The van der Waals surface area contributed by atoms with Gasteiger partial charge in [0, 0.05) is 0 Å². The first-order valence-corrected chi connectivity index (χ1v) is 14.9. The van der Waals surface area contributed by atoms with Crippen LogP contribution in [0.2, 0.25) is 0 Å². The highest BCUT2D eigenvalue weighted by Gasteiger charge is 2.57. The Morgan fingerprint density at radius 1 is 0.971 bits per heavy atom. The molecular formula is C33H49N. The van der Waals surface area contributed by atoms with E-state index in [-0.39, 0.29) is 0 Å². The van der Waals surface area contributed by atoms with Crippen LogP contribution in [0.25, 0.3) is 0 Å². The Morgan fingerprint density at radius 2 is 1.79 bits per heavy atom. The van der Waals surface area contributed by atoms with E-state index >= 15 is 0 Å². The van der Waals surface area contributed by atoms with Crippen molar-refractivity contribution in [3.63, 3.8) is 0 Å². The topological polar surface area (TPSA) is 23.8 Å². The molecule has 1 aromatic rings. The van der Waals surface area contributed by atoms with Gasteiger partial charge in [0.25, 0.3) is 0 Å². The lowest BCUT2D eigenvalue weighted by Crippen LogP contribution is -2.49. The molecule has 4 aliphatic carbocycles. The predicted molar refractivity (Wildman–Crippen MR) is 142 cm³/mol. The van der Waals surface area contributed by atoms with Crippen LogP contribution in [0.15, 0.2) is 18.2 Å². The monoisotopic (exact) mass is 459 g/mol. The Bertz CT molecular complexity index is 910. The van der Waals surface area contributed by atoms with Crippen molar-refractivity contribution in [2.75, 3.05) is 0 Å². The molecule has 0 spiro atoms. The maximum atomic E-state index is 9.20. The van der Waals surface area contributed by atoms with Gasteiger partial charge in [-0.2, -0.15) is 5.26 Å². The van der Waals surface area contributed by atoms with Crippen LogP contribution in [0.4, 0.5) is 0 Å². The van der Waals surface area contributed by atoms with E-state index in [0.717, 1.165) is 41.1 Å². The molecule has 4 fully saturated rings. The maximum absolute atomic E-state index is 9.20. The Labute approximate surface area is 210 Å². The number of nitrogens with zero attached hydrogens (tertiary/aromatic N) is 1.